The van der Waals surface area contributed by atoms with Crippen molar-refractivity contribution in [3.8, 4) is 0 Å². The van der Waals surface area contributed by atoms with Crippen LogP contribution in [0.5, 0.6) is 0 Å². The zero-order valence-electron chi connectivity index (χ0n) is 14.6. The topological polar surface area (TPSA) is 56.1 Å². The van der Waals surface area contributed by atoms with Crippen LogP contribution in [-0.2, 0) is 22.5 Å². The molecular weight excluding hydrogens is 302 g/mol. The monoisotopic (exact) mass is 327 g/mol. The number of aryl methyl sites for hydroxylation is 3. The lowest BCUT2D eigenvalue weighted by Gasteiger charge is -2.20. The van der Waals surface area contributed by atoms with E-state index in [9.17, 15) is 4.79 Å². The van der Waals surface area contributed by atoms with Crippen molar-refractivity contribution >= 4 is 5.91 Å². The van der Waals surface area contributed by atoms with E-state index in [0.29, 0.717) is 13.0 Å². The number of ether oxygens (including phenoxy) is 1. The van der Waals surface area contributed by atoms with Crippen molar-refractivity contribution in [3.63, 3.8) is 0 Å². The van der Waals surface area contributed by atoms with E-state index in [1.54, 1.807) is 6.20 Å². The van der Waals surface area contributed by atoms with E-state index in [0.717, 1.165) is 29.9 Å². The second kappa shape index (κ2) is 7.18. The number of nitrogens with zero attached hydrogens (tertiary/aromatic N) is 2. The first-order valence-corrected chi connectivity index (χ1v) is 8.56. The van der Waals surface area contributed by atoms with Crippen molar-refractivity contribution in [2.75, 3.05) is 6.61 Å². The van der Waals surface area contributed by atoms with Gasteiger partial charge in [-0.1, -0.05) is 23.8 Å². The fraction of sp³-hybridized carbons (Fsp3) is 0.474. The molecule has 0 aliphatic carbocycles. The molecule has 3 rings (SSSR count). The highest BCUT2D eigenvalue weighted by atomic mass is 16.5. The van der Waals surface area contributed by atoms with Crippen molar-refractivity contribution in [1.29, 1.82) is 0 Å². The van der Waals surface area contributed by atoms with E-state index in [1.165, 1.54) is 5.56 Å². The van der Waals surface area contributed by atoms with Gasteiger partial charge in [-0.2, -0.15) is 0 Å². The van der Waals surface area contributed by atoms with Crippen LogP contribution in [0.4, 0.5) is 0 Å². The van der Waals surface area contributed by atoms with Crippen LogP contribution < -0.4 is 5.32 Å². The summed E-state index contributed by atoms with van der Waals surface area (Å²) in [4.78, 5) is 16.9. The summed E-state index contributed by atoms with van der Waals surface area (Å²) in [5.41, 5.74) is 3.41. The van der Waals surface area contributed by atoms with Crippen molar-refractivity contribution in [2.45, 2.75) is 52.3 Å². The average molecular weight is 327 g/mol. The third kappa shape index (κ3) is 3.51. The fourth-order valence-corrected chi connectivity index (χ4v) is 3.26. The maximum atomic E-state index is 12.5. The van der Waals surface area contributed by atoms with Gasteiger partial charge in [0.2, 0.25) is 5.91 Å². The van der Waals surface area contributed by atoms with Crippen LogP contribution in [-0.4, -0.2) is 28.1 Å². The molecule has 2 atom stereocenters. The van der Waals surface area contributed by atoms with E-state index in [4.69, 9.17) is 4.74 Å². The molecule has 0 radical (unpaired) electrons. The maximum absolute atomic E-state index is 12.5. The van der Waals surface area contributed by atoms with Crippen molar-refractivity contribution in [1.82, 2.24) is 14.9 Å². The lowest BCUT2D eigenvalue weighted by molar-refractivity contribution is -0.121. The number of hydrogen-bond donors (Lipinski definition) is 1. The quantitative estimate of drug-likeness (QED) is 0.918. The molecule has 1 saturated heterocycles. The number of rotatable bonds is 5. The molecular formula is C19H25N3O2. The zero-order valence-corrected chi connectivity index (χ0v) is 14.6. The van der Waals surface area contributed by atoms with Gasteiger partial charge in [0.1, 0.15) is 11.9 Å². The minimum Gasteiger partial charge on any atom is -0.368 e. The molecule has 0 unspecified atom stereocenters. The largest absolute Gasteiger partial charge is 0.368 e. The van der Waals surface area contributed by atoms with E-state index in [1.807, 2.05) is 20.0 Å². The summed E-state index contributed by atoms with van der Waals surface area (Å²) in [6.45, 7) is 7.66. The van der Waals surface area contributed by atoms with Crippen molar-refractivity contribution in [2.24, 2.45) is 0 Å². The molecule has 1 N–H and O–H groups in total. The van der Waals surface area contributed by atoms with Crippen molar-refractivity contribution < 1.29 is 9.53 Å². The van der Waals surface area contributed by atoms with Crippen LogP contribution >= 0.6 is 0 Å². The van der Waals surface area contributed by atoms with Gasteiger partial charge in [-0.3, -0.25) is 4.79 Å². The summed E-state index contributed by atoms with van der Waals surface area (Å²) in [5.74, 6) is 0.936. The Balaban J connectivity index is 1.68. The van der Waals surface area contributed by atoms with Gasteiger partial charge in [-0.05, 0) is 38.3 Å². The van der Waals surface area contributed by atoms with Crippen LogP contribution in [0.2, 0.25) is 0 Å². The van der Waals surface area contributed by atoms with Gasteiger partial charge in [0.25, 0.3) is 0 Å². The zero-order chi connectivity index (χ0) is 17.1. The third-order valence-electron chi connectivity index (χ3n) is 4.64. The highest BCUT2D eigenvalue weighted by Crippen LogP contribution is 2.28. The average Bonchev–Trinajstić information content (AvgIpc) is 3.19. The fourth-order valence-electron chi connectivity index (χ4n) is 3.26. The van der Waals surface area contributed by atoms with E-state index in [-0.39, 0.29) is 18.1 Å². The number of nitrogens with one attached hydrogen (secondary N) is 1. The number of hydrogen-bond acceptors (Lipinski definition) is 3. The van der Waals surface area contributed by atoms with Gasteiger partial charge in [0, 0.05) is 25.5 Å². The lowest BCUT2D eigenvalue weighted by atomic mass is 10.0. The summed E-state index contributed by atoms with van der Waals surface area (Å²) in [6.07, 6.45) is 4.79. The first kappa shape index (κ1) is 16.7. The summed E-state index contributed by atoms with van der Waals surface area (Å²) < 4.78 is 7.92. The molecule has 1 aromatic carbocycles. The van der Waals surface area contributed by atoms with E-state index in [2.05, 4.69) is 40.0 Å². The molecule has 1 aromatic heterocycles. The second-order valence-corrected chi connectivity index (χ2v) is 6.43. The standard InChI is InChI=1S/C19H25N3O2/c1-4-22-9-8-20-19(22)18-16(7-10-24-18)21-17(23)12-15-11-13(2)5-6-14(15)3/h5-6,8-9,11,16,18H,4,7,10,12H2,1-3H3,(H,21,23)/t16-,18-/m0/s1. The van der Waals surface area contributed by atoms with E-state index >= 15 is 0 Å². The molecule has 1 fully saturated rings. The summed E-state index contributed by atoms with van der Waals surface area (Å²) in [6, 6.07) is 6.20. The Labute approximate surface area is 143 Å². The molecule has 0 saturated carbocycles. The molecule has 5 heteroatoms. The van der Waals surface area contributed by atoms with Crippen LogP contribution in [0.1, 0.15) is 42.0 Å². The van der Waals surface area contributed by atoms with Gasteiger partial charge in [0.05, 0.1) is 12.5 Å². The molecule has 128 valence electrons. The third-order valence-corrected chi connectivity index (χ3v) is 4.64. The number of carbonyl (C=O) groups excluding carboxylic acids is 1. The minimum absolute atomic E-state index is 0.0182. The number of imidazole rings is 1. The maximum Gasteiger partial charge on any atom is 0.224 e. The SMILES string of the molecule is CCn1ccnc1[C@H]1OCC[C@@H]1NC(=O)Cc1cc(C)ccc1C. The molecule has 0 bridgehead atoms. The second-order valence-electron chi connectivity index (χ2n) is 6.43. The molecule has 5 nitrogen and oxygen atoms in total. The summed E-state index contributed by atoms with van der Waals surface area (Å²) >= 11 is 0. The Morgan fingerprint density at radius 3 is 3.04 bits per heavy atom. The molecule has 1 amide bonds. The van der Waals surface area contributed by atoms with E-state index < -0.39 is 0 Å². The van der Waals surface area contributed by atoms with Crippen LogP contribution in [0, 0.1) is 13.8 Å². The minimum atomic E-state index is -0.164. The molecule has 0 spiro atoms. The number of aromatic nitrogens is 2. The number of benzene rings is 1. The highest BCUT2D eigenvalue weighted by molar-refractivity contribution is 5.79. The summed E-state index contributed by atoms with van der Waals surface area (Å²) in [7, 11) is 0. The van der Waals surface area contributed by atoms with Crippen molar-refractivity contribution in [3.05, 3.63) is 53.1 Å². The normalized spacial score (nSPS) is 20.3. The Morgan fingerprint density at radius 2 is 2.25 bits per heavy atom. The van der Waals surface area contributed by atoms with Crippen LogP contribution in [0.15, 0.2) is 30.6 Å². The number of carbonyl (C=O) groups is 1. The molecule has 2 heterocycles. The van der Waals surface area contributed by atoms with Gasteiger partial charge < -0.3 is 14.6 Å². The predicted octanol–water partition coefficient (Wildman–Crippen LogP) is 2.71. The van der Waals surface area contributed by atoms with Gasteiger partial charge in [0.15, 0.2) is 0 Å². The Bertz CT molecular complexity index is 723. The molecule has 2 aromatic rings. The highest BCUT2D eigenvalue weighted by Gasteiger charge is 2.33. The smallest absolute Gasteiger partial charge is 0.224 e. The lowest BCUT2D eigenvalue weighted by Crippen LogP contribution is -2.38. The predicted molar refractivity (Wildman–Crippen MR) is 92.8 cm³/mol. The Hall–Kier alpha value is -2.14. The molecule has 24 heavy (non-hydrogen) atoms. The van der Waals surface area contributed by atoms with Gasteiger partial charge in [-0.25, -0.2) is 4.98 Å². The molecule has 1 aliphatic heterocycles. The Morgan fingerprint density at radius 1 is 1.42 bits per heavy atom. The molecule has 1 aliphatic rings. The van der Waals surface area contributed by atoms with Crippen LogP contribution in [0.3, 0.4) is 0 Å². The van der Waals surface area contributed by atoms with Crippen LogP contribution in [0.25, 0.3) is 0 Å². The number of amides is 1. The first-order valence-electron chi connectivity index (χ1n) is 8.56. The van der Waals surface area contributed by atoms with Gasteiger partial charge >= 0.3 is 0 Å². The Kier molecular flexibility index (Phi) is 5.00. The first-order chi connectivity index (χ1) is 11.6. The van der Waals surface area contributed by atoms with Gasteiger partial charge in [-0.15, -0.1) is 0 Å². The summed E-state index contributed by atoms with van der Waals surface area (Å²) in [5, 5.41) is 3.15.